The maximum absolute atomic E-state index is 13.8. The Bertz CT molecular complexity index is 1260. The van der Waals surface area contributed by atoms with E-state index in [0.717, 1.165) is 27.9 Å². The fourth-order valence-corrected chi connectivity index (χ4v) is 7.55. The van der Waals surface area contributed by atoms with Gasteiger partial charge in [-0.25, -0.2) is 12.7 Å². The molecule has 1 aromatic carbocycles. The third-order valence-electron chi connectivity index (χ3n) is 8.54. The zero-order valence-electron chi connectivity index (χ0n) is 22.0. The van der Waals surface area contributed by atoms with Gasteiger partial charge in [0.15, 0.2) is 0 Å². The van der Waals surface area contributed by atoms with Gasteiger partial charge < -0.3 is 24.0 Å². The molecule has 204 valence electrons. The molecule has 1 spiro atoms. The highest BCUT2D eigenvalue weighted by atomic mass is 32.2. The van der Waals surface area contributed by atoms with Crippen LogP contribution >= 0.6 is 0 Å². The minimum absolute atomic E-state index is 0.0163. The van der Waals surface area contributed by atoms with Crippen molar-refractivity contribution in [3.05, 3.63) is 29.5 Å². The van der Waals surface area contributed by atoms with Crippen molar-refractivity contribution >= 4 is 26.8 Å². The number of ether oxygens (including phenoxy) is 2. The average molecular weight is 535 g/mol. The summed E-state index contributed by atoms with van der Waals surface area (Å²) >= 11 is 0. The number of carbonyl (C=O) groups is 1. The van der Waals surface area contributed by atoms with Crippen LogP contribution in [0.15, 0.2) is 18.2 Å². The van der Waals surface area contributed by atoms with E-state index >= 15 is 0 Å². The molecular formula is C26H38N4O6S. The zero-order valence-corrected chi connectivity index (χ0v) is 22.8. The lowest BCUT2D eigenvalue weighted by Crippen LogP contribution is -2.57. The molecule has 1 N–H and O–H groups in total. The van der Waals surface area contributed by atoms with Gasteiger partial charge in [0.1, 0.15) is 5.75 Å². The summed E-state index contributed by atoms with van der Waals surface area (Å²) in [4.78, 5) is 17.7. The first-order valence-corrected chi connectivity index (χ1v) is 14.7. The number of hydrogen-bond donors (Lipinski definition) is 1. The van der Waals surface area contributed by atoms with Gasteiger partial charge in [0.25, 0.3) is 0 Å². The number of morpholine rings is 1. The van der Waals surface area contributed by atoms with Crippen LogP contribution in [0.5, 0.6) is 5.75 Å². The molecular weight excluding hydrogens is 496 g/mol. The minimum atomic E-state index is -3.29. The van der Waals surface area contributed by atoms with E-state index in [9.17, 15) is 18.3 Å². The number of benzene rings is 1. The van der Waals surface area contributed by atoms with Crippen molar-refractivity contribution < 1.29 is 27.8 Å². The Morgan fingerprint density at radius 2 is 1.89 bits per heavy atom. The molecule has 1 atom stereocenters. The second-order valence-electron chi connectivity index (χ2n) is 10.4. The molecule has 2 saturated heterocycles. The van der Waals surface area contributed by atoms with E-state index in [1.54, 1.807) is 18.3 Å². The zero-order chi connectivity index (χ0) is 26.4. The van der Waals surface area contributed by atoms with Crippen molar-refractivity contribution in [2.24, 2.45) is 7.05 Å². The molecule has 0 aliphatic carbocycles. The van der Waals surface area contributed by atoms with E-state index in [1.807, 2.05) is 24.1 Å². The molecule has 1 aromatic heterocycles. The molecule has 5 rings (SSSR count). The number of hydrogen-bond acceptors (Lipinski definition) is 7. The lowest BCUT2D eigenvalue weighted by molar-refractivity contribution is -0.139. The summed E-state index contributed by atoms with van der Waals surface area (Å²) in [5.74, 6) is 0.803. The SMILES string of the molecule is CCS(=O)(=O)N1CCC2(CC1)CN(C(=O)CN1CCOCC1)[C@@H](CO)c1c2c2ccc(OC)cc2n1C. The van der Waals surface area contributed by atoms with Gasteiger partial charge in [-0.3, -0.25) is 9.69 Å². The van der Waals surface area contributed by atoms with E-state index in [1.165, 1.54) is 0 Å². The largest absolute Gasteiger partial charge is 0.497 e. The van der Waals surface area contributed by atoms with Crippen LogP contribution in [0.2, 0.25) is 0 Å². The highest BCUT2D eigenvalue weighted by Crippen LogP contribution is 2.50. The number of methoxy groups -OCH3 is 1. The molecule has 0 bridgehead atoms. The number of carbonyl (C=O) groups excluding carboxylic acids is 1. The topological polar surface area (TPSA) is 105 Å². The number of aromatic nitrogens is 1. The Morgan fingerprint density at radius 1 is 1.19 bits per heavy atom. The lowest BCUT2D eigenvalue weighted by atomic mass is 9.68. The van der Waals surface area contributed by atoms with Crippen LogP contribution in [0.25, 0.3) is 10.9 Å². The highest BCUT2D eigenvalue weighted by molar-refractivity contribution is 7.89. The minimum Gasteiger partial charge on any atom is -0.497 e. The Labute approximate surface area is 218 Å². The van der Waals surface area contributed by atoms with Crippen LogP contribution in [0, 0.1) is 0 Å². The van der Waals surface area contributed by atoms with Gasteiger partial charge >= 0.3 is 0 Å². The van der Waals surface area contributed by atoms with E-state index in [0.29, 0.717) is 58.8 Å². The number of aryl methyl sites for hydroxylation is 1. The normalized spacial score (nSPS) is 22.9. The fraction of sp³-hybridized carbons (Fsp3) is 0.654. The molecule has 3 aliphatic rings. The van der Waals surface area contributed by atoms with Crippen molar-refractivity contribution in [1.29, 1.82) is 0 Å². The third kappa shape index (κ3) is 4.54. The second kappa shape index (κ2) is 10.2. The number of aliphatic hydroxyl groups excluding tert-OH is 1. The van der Waals surface area contributed by atoms with Crippen LogP contribution in [0.4, 0.5) is 0 Å². The second-order valence-corrected chi connectivity index (χ2v) is 12.6. The Morgan fingerprint density at radius 3 is 2.51 bits per heavy atom. The first kappa shape index (κ1) is 26.4. The number of rotatable bonds is 6. The number of fused-ring (bicyclic) bond motifs is 4. The lowest BCUT2D eigenvalue weighted by Gasteiger charge is -2.50. The molecule has 3 aliphatic heterocycles. The van der Waals surface area contributed by atoms with Crippen LogP contribution < -0.4 is 4.74 Å². The first-order chi connectivity index (χ1) is 17.7. The van der Waals surface area contributed by atoms with Gasteiger partial charge in [0, 0.05) is 62.3 Å². The summed E-state index contributed by atoms with van der Waals surface area (Å²) in [6, 6.07) is 5.52. The summed E-state index contributed by atoms with van der Waals surface area (Å²) in [5, 5.41) is 11.7. The van der Waals surface area contributed by atoms with Crippen LogP contribution in [0.1, 0.15) is 37.1 Å². The van der Waals surface area contributed by atoms with E-state index in [2.05, 4.69) is 15.5 Å². The number of aliphatic hydroxyl groups is 1. The van der Waals surface area contributed by atoms with E-state index in [-0.39, 0.29) is 24.8 Å². The summed E-state index contributed by atoms with van der Waals surface area (Å²) in [6.07, 6.45) is 1.23. The molecule has 37 heavy (non-hydrogen) atoms. The molecule has 11 heteroatoms. The van der Waals surface area contributed by atoms with Gasteiger partial charge in [-0.05, 0) is 37.5 Å². The Kier molecular flexibility index (Phi) is 7.27. The number of piperidine rings is 1. The van der Waals surface area contributed by atoms with Crippen LogP contribution in [-0.2, 0) is 32.0 Å². The van der Waals surface area contributed by atoms with Crippen LogP contribution in [0.3, 0.4) is 0 Å². The average Bonchev–Trinajstić information content (AvgIpc) is 3.22. The molecule has 0 unspecified atom stereocenters. The van der Waals surface area contributed by atoms with Crippen molar-refractivity contribution in [1.82, 2.24) is 18.7 Å². The maximum Gasteiger partial charge on any atom is 0.237 e. The predicted octanol–water partition coefficient (Wildman–Crippen LogP) is 1.08. The smallest absolute Gasteiger partial charge is 0.237 e. The number of amides is 1. The Hall–Kier alpha value is -2.18. The van der Waals surface area contributed by atoms with E-state index < -0.39 is 21.5 Å². The summed E-state index contributed by atoms with van der Waals surface area (Å²) < 4.78 is 39.9. The van der Waals surface area contributed by atoms with Gasteiger partial charge in [-0.1, -0.05) is 0 Å². The van der Waals surface area contributed by atoms with Gasteiger partial charge in [0.05, 0.1) is 50.8 Å². The van der Waals surface area contributed by atoms with Crippen molar-refractivity contribution in [2.45, 2.75) is 31.2 Å². The summed E-state index contributed by atoms with van der Waals surface area (Å²) in [5.41, 5.74) is 2.64. The highest BCUT2D eigenvalue weighted by Gasteiger charge is 2.50. The van der Waals surface area contributed by atoms with Gasteiger partial charge in [-0.2, -0.15) is 0 Å². The van der Waals surface area contributed by atoms with Gasteiger partial charge in [0.2, 0.25) is 15.9 Å². The van der Waals surface area contributed by atoms with Crippen LogP contribution in [-0.4, -0.2) is 110 Å². The fourth-order valence-electron chi connectivity index (χ4n) is 6.44. The standard InChI is InChI=1S/C26H38N4O6S/c1-4-37(33,34)29-9-7-26(8-10-29)18-30(23(32)16-28-11-13-36-14-12-28)22(17-31)25-24(26)20-6-5-19(35-3)15-21(20)27(25)2/h5-6,15,22,31H,4,7-14,16-18H2,1-3H3/t22-/m0/s1. The molecule has 0 saturated carbocycles. The third-order valence-corrected chi connectivity index (χ3v) is 10.4. The summed E-state index contributed by atoms with van der Waals surface area (Å²) in [7, 11) is 0.320. The van der Waals surface area contributed by atoms with Crippen molar-refractivity contribution in [3.63, 3.8) is 0 Å². The van der Waals surface area contributed by atoms with Gasteiger partial charge in [-0.15, -0.1) is 0 Å². The number of sulfonamides is 1. The molecule has 2 fully saturated rings. The van der Waals surface area contributed by atoms with E-state index in [4.69, 9.17) is 9.47 Å². The number of nitrogens with zero attached hydrogens (tertiary/aromatic N) is 4. The quantitative estimate of drug-likeness (QED) is 0.591. The molecule has 10 nitrogen and oxygen atoms in total. The summed E-state index contributed by atoms with van der Waals surface area (Å²) in [6.45, 7) is 5.68. The Balaban J connectivity index is 1.59. The van der Waals surface area contributed by atoms with Crippen molar-refractivity contribution in [2.75, 3.05) is 72.0 Å². The maximum atomic E-state index is 13.8. The molecule has 4 heterocycles. The molecule has 0 radical (unpaired) electrons. The predicted molar refractivity (Wildman–Crippen MR) is 140 cm³/mol. The molecule has 1 amide bonds. The first-order valence-electron chi connectivity index (χ1n) is 13.1. The monoisotopic (exact) mass is 534 g/mol. The molecule has 2 aromatic rings. The van der Waals surface area contributed by atoms with Crippen molar-refractivity contribution in [3.8, 4) is 5.75 Å².